The van der Waals surface area contributed by atoms with Gasteiger partial charge in [0.05, 0.1) is 6.61 Å². The summed E-state index contributed by atoms with van der Waals surface area (Å²) in [5, 5.41) is 13.4. The molecule has 1 aromatic carbocycles. The summed E-state index contributed by atoms with van der Waals surface area (Å²) in [6.07, 6.45) is -0.130. The number of benzene rings is 1. The number of ether oxygens (including phenoxy) is 2. The molecule has 1 aromatic rings. The Labute approximate surface area is 129 Å². The lowest BCUT2D eigenvalue weighted by Crippen LogP contribution is -2.47. The number of nitrogens with one attached hydrogen (secondary N) is 1. The molecule has 2 atom stereocenters. The molecular formula is C15H20ClNO4. The van der Waals surface area contributed by atoms with Crippen LogP contribution in [0.25, 0.3) is 0 Å². The third-order valence-corrected chi connectivity index (χ3v) is 3.72. The van der Waals surface area contributed by atoms with Crippen LogP contribution in [0.4, 0.5) is 0 Å². The monoisotopic (exact) mass is 313 g/mol. The van der Waals surface area contributed by atoms with E-state index >= 15 is 0 Å². The predicted molar refractivity (Wildman–Crippen MR) is 79.7 cm³/mol. The lowest BCUT2D eigenvalue weighted by molar-refractivity contribution is -0.128. The van der Waals surface area contributed by atoms with Gasteiger partial charge in [0.15, 0.2) is 6.10 Å². The molecular weight excluding hydrogens is 294 g/mol. The van der Waals surface area contributed by atoms with Crippen molar-refractivity contribution in [2.24, 2.45) is 0 Å². The van der Waals surface area contributed by atoms with Gasteiger partial charge in [0, 0.05) is 24.6 Å². The summed E-state index contributed by atoms with van der Waals surface area (Å²) < 4.78 is 10.8. The van der Waals surface area contributed by atoms with Gasteiger partial charge < -0.3 is 19.9 Å². The van der Waals surface area contributed by atoms with E-state index in [4.69, 9.17) is 21.1 Å². The normalized spacial score (nSPS) is 22.9. The van der Waals surface area contributed by atoms with Crippen LogP contribution >= 0.6 is 11.6 Å². The molecule has 2 N–H and O–H groups in total. The van der Waals surface area contributed by atoms with Crippen LogP contribution in [0, 0.1) is 6.92 Å². The van der Waals surface area contributed by atoms with Crippen molar-refractivity contribution in [3.63, 3.8) is 0 Å². The zero-order chi connectivity index (χ0) is 15.5. The zero-order valence-corrected chi connectivity index (χ0v) is 12.9. The van der Waals surface area contributed by atoms with Gasteiger partial charge in [-0.3, -0.25) is 4.79 Å². The molecule has 0 radical (unpaired) electrons. The molecule has 21 heavy (non-hydrogen) atoms. The highest BCUT2D eigenvalue weighted by Gasteiger charge is 2.33. The number of aryl methyl sites for hydroxylation is 1. The fraction of sp³-hybridized carbons (Fsp3) is 0.533. The molecule has 0 spiro atoms. The molecule has 2 unspecified atom stereocenters. The number of carbonyl (C=O) groups excluding carboxylic acids is 1. The number of rotatable bonds is 5. The molecule has 5 nitrogen and oxygen atoms in total. The topological polar surface area (TPSA) is 67.8 Å². The van der Waals surface area contributed by atoms with Crippen molar-refractivity contribution in [2.45, 2.75) is 32.0 Å². The van der Waals surface area contributed by atoms with Crippen LogP contribution < -0.4 is 10.1 Å². The highest BCUT2D eigenvalue weighted by molar-refractivity contribution is 6.30. The van der Waals surface area contributed by atoms with E-state index in [2.05, 4.69) is 5.32 Å². The van der Waals surface area contributed by atoms with Crippen LogP contribution in [0.15, 0.2) is 18.2 Å². The molecule has 0 aromatic heterocycles. The van der Waals surface area contributed by atoms with E-state index in [1.54, 1.807) is 25.1 Å². The maximum absolute atomic E-state index is 12.0. The second-order valence-electron chi connectivity index (χ2n) is 5.41. The van der Waals surface area contributed by atoms with Crippen molar-refractivity contribution < 1.29 is 19.4 Å². The highest BCUT2D eigenvalue weighted by atomic mass is 35.5. The molecule has 0 aliphatic carbocycles. The van der Waals surface area contributed by atoms with Gasteiger partial charge in [-0.2, -0.15) is 0 Å². The van der Waals surface area contributed by atoms with E-state index in [1.165, 1.54) is 0 Å². The summed E-state index contributed by atoms with van der Waals surface area (Å²) in [5.41, 5.74) is -0.101. The quantitative estimate of drug-likeness (QED) is 0.868. The van der Waals surface area contributed by atoms with Crippen LogP contribution in [0.2, 0.25) is 5.02 Å². The third kappa shape index (κ3) is 4.33. The molecule has 1 amide bonds. The third-order valence-electron chi connectivity index (χ3n) is 3.48. The largest absolute Gasteiger partial charge is 0.481 e. The molecule has 1 heterocycles. The van der Waals surface area contributed by atoms with Gasteiger partial charge in [-0.25, -0.2) is 0 Å². The predicted octanol–water partition coefficient (Wildman–Crippen LogP) is 1.68. The Morgan fingerprint density at radius 1 is 1.62 bits per heavy atom. The minimum absolute atomic E-state index is 0.166. The van der Waals surface area contributed by atoms with Gasteiger partial charge in [-0.15, -0.1) is 0 Å². The Kier molecular flexibility index (Phi) is 5.08. The molecule has 1 aliphatic heterocycles. The first-order valence-electron chi connectivity index (χ1n) is 6.90. The van der Waals surface area contributed by atoms with Crippen molar-refractivity contribution in [3.05, 3.63) is 28.8 Å². The van der Waals surface area contributed by atoms with Gasteiger partial charge in [0.1, 0.15) is 11.4 Å². The van der Waals surface area contributed by atoms with Crippen molar-refractivity contribution in [3.8, 4) is 5.75 Å². The maximum Gasteiger partial charge on any atom is 0.260 e. The first kappa shape index (κ1) is 16.1. The van der Waals surface area contributed by atoms with Crippen LogP contribution in [0.5, 0.6) is 5.75 Å². The first-order valence-corrected chi connectivity index (χ1v) is 7.28. The van der Waals surface area contributed by atoms with Crippen molar-refractivity contribution in [2.75, 3.05) is 19.8 Å². The van der Waals surface area contributed by atoms with E-state index in [-0.39, 0.29) is 19.1 Å². The number of aliphatic hydroxyl groups is 1. The van der Waals surface area contributed by atoms with E-state index < -0.39 is 11.7 Å². The fourth-order valence-electron chi connectivity index (χ4n) is 2.12. The Bertz CT molecular complexity index is 514. The lowest BCUT2D eigenvalue weighted by atomic mass is 10.0. The van der Waals surface area contributed by atoms with Gasteiger partial charge >= 0.3 is 0 Å². The summed E-state index contributed by atoms with van der Waals surface area (Å²) in [6.45, 7) is 4.46. The molecule has 0 saturated carbocycles. The number of hydrogen-bond donors (Lipinski definition) is 2. The van der Waals surface area contributed by atoms with Crippen molar-refractivity contribution in [1.29, 1.82) is 0 Å². The number of hydrogen-bond acceptors (Lipinski definition) is 4. The van der Waals surface area contributed by atoms with Gasteiger partial charge in [-0.1, -0.05) is 11.6 Å². The number of amides is 1. The van der Waals surface area contributed by atoms with E-state index in [0.29, 0.717) is 23.8 Å². The molecule has 2 rings (SSSR count). The van der Waals surface area contributed by atoms with Crippen molar-refractivity contribution >= 4 is 17.5 Å². The molecule has 1 saturated heterocycles. The van der Waals surface area contributed by atoms with Crippen molar-refractivity contribution in [1.82, 2.24) is 5.32 Å². The zero-order valence-electron chi connectivity index (χ0n) is 12.2. The minimum atomic E-state index is -0.967. The van der Waals surface area contributed by atoms with Crippen LogP contribution in [0.3, 0.4) is 0 Å². The Morgan fingerprint density at radius 3 is 3.00 bits per heavy atom. The lowest BCUT2D eigenvalue weighted by Gasteiger charge is -2.22. The molecule has 1 aliphatic rings. The smallest absolute Gasteiger partial charge is 0.260 e. The minimum Gasteiger partial charge on any atom is -0.481 e. The SMILES string of the molecule is Cc1cc(Cl)ccc1OC(C)C(=O)NCC1(O)CCOC1. The average Bonchev–Trinajstić information content (AvgIpc) is 2.86. The average molecular weight is 314 g/mol. The Hall–Kier alpha value is -1.30. The first-order chi connectivity index (χ1) is 9.89. The summed E-state index contributed by atoms with van der Waals surface area (Å²) in [6, 6.07) is 5.23. The Morgan fingerprint density at radius 2 is 2.38 bits per heavy atom. The summed E-state index contributed by atoms with van der Waals surface area (Å²) in [7, 11) is 0. The number of halogens is 1. The molecule has 6 heteroatoms. The second-order valence-corrected chi connectivity index (χ2v) is 5.85. The maximum atomic E-state index is 12.0. The second kappa shape index (κ2) is 6.64. The van der Waals surface area contributed by atoms with Crippen LogP contribution in [-0.4, -0.2) is 42.5 Å². The van der Waals surface area contributed by atoms with Gasteiger partial charge in [0.2, 0.25) is 0 Å². The summed E-state index contributed by atoms with van der Waals surface area (Å²) in [5.74, 6) is 0.342. The van der Waals surface area contributed by atoms with E-state index in [0.717, 1.165) is 5.56 Å². The summed E-state index contributed by atoms with van der Waals surface area (Å²) >= 11 is 5.88. The number of carbonyl (C=O) groups is 1. The molecule has 116 valence electrons. The van der Waals surface area contributed by atoms with E-state index in [1.807, 2.05) is 6.92 Å². The van der Waals surface area contributed by atoms with Gasteiger partial charge in [-0.05, 0) is 37.6 Å². The summed E-state index contributed by atoms with van der Waals surface area (Å²) in [4.78, 5) is 12.0. The van der Waals surface area contributed by atoms with Crippen LogP contribution in [0.1, 0.15) is 18.9 Å². The Balaban J connectivity index is 1.87. The molecule has 1 fully saturated rings. The molecule has 0 bridgehead atoms. The highest BCUT2D eigenvalue weighted by Crippen LogP contribution is 2.23. The standard InChI is InChI=1S/C15H20ClNO4/c1-10-7-12(16)3-4-13(10)21-11(2)14(18)17-8-15(19)5-6-20-9-15/h3-4,7,11,19H,5-6,8-9H2,1-2H3,(H,17,18). The fourth-order valence-corrected chi connectivity index (χ4v) is 2.35. The van der Waals surface area contributed by atoms with Gasteiger partial charge in [0.25, 0.3) is 5.91 Å². The van der Waals surface area contributed by atoms with E-state index in [9.17, 15) is 9.90 Å². The van der Waals surface area contributed by atoms with Crippen LogP contribution in [-0.2, 0) is 9.53 Å².